The van der Waals surface area contributed by atoms with Crippen LogP contribution in [0.25, 0.3) is 0 Å². The maximum atomic E-state index is 13.3. The van der Waals surface area contributed by atoms with E-state index in [9.17, 15) is 22.8 Å². The summed E-state index contributed by atoms with van der Waals surface area (Å²) in [7, 11) is 0. The first-order valence-corrected chi connectivity index (χ1v) is 10.8. The van der Waals surface area contributed by atoms with E-state index in [-0.39, 0.29) is 16.6 Å². The van der Waals surface area contributed by atoms with Crippen molar-refractivity contribution in [3.05, 3.63) is 76.3 Å². The molecule has 0 spiro atoms. The average Bonchev–Trinajstić information content (AvgIpc) is 3.30. The van der Waals surface area contributed by atoms with E-state index >= 15 is 0 Å². The summed E-state index contributed by atoms with van der Waals surface area (Å²) in [5.74, 6) is -3.28. The highest BCUT2D eigenvalue weighted by Gasteiger charge is 2.38. The van der Waals surface area contributed by atoms with Crippen molar-refractivity contribution in [3.63, 3.8) is 0 Å². The lowest BCUT2D eigenvalue weighted by Crippen LogP contribution is -2.21. The van der Waals surface area contributed by atoms with Gasteiger partial charge in [0.1, 0.15) is 11.5 Å². The fraction of sp³-hybridized carbons (Fsp3) is 0.273. The van der Waals surface area contributed by atoms with Gasteiger partial charge in [-0.2, -0.15) is 13.2 Å². The maximum absolute atomic E-state index is 13.3. The van der Waals surface area contributed by atoms with Crippen LogP contribution in [-0.2, 0) is 17.8 Å². The van der Waals surface area contributed by atoms with E-state index in [2.05, 4.69) is 38.2 Å². The van der Waals surface area contributed by atoms with Crippen molar-refractivity contribution in [3.8, 4) is 0 Å². The van der Waals surface area contributed by atoms with E-state index in [1.54, 1.807) is 0 Å². The van der Waals surface area contributed by atoms with Crippen molar-refractivity contribution in [2.24, 2.45) is 5.16 Å². The molecular formula is C22H22ClF4N5O4. The number of hydrogen-bond donors (Lipinski definition) is 4. The standard InChI is InChI=1S/C20H21ClFN5O2.C2HF3O2/c21-16-12-15(9-10-17(16)22)24-20(25-28)19-18(26-29-27-19)13-23-11-5-4-8-14-6-2-1-3-7-14;3-2(4,5)1(6)7/h1-3,6-7,9-10,12,23,28H,4-5,8,11,13H2,(H,24,25);(H,6,7). The van der Waals surface area contributed by atoms with Gasteiger partial charge < -0.3 is 20.9 Å². The molecule has 14 heteroatoms. The van der Waals surface area contributed by atoms with E-state index in [1.165, 1.54) is 23.8 Å². The van der Waals surface area contributed by atoms with E-state index < -0.39 is 18.0 Å². The Bertz CT molecular complexity index is 1140. The van der Waals surface area contributed by atoms with Gasteiger partial charge in [-0.05, 0) is 54.7 Å². The Morgan fingerprint density at radius 2 is 1.81 bits per heavy atom. The van der Waals surface area contributed by atoms with Crippen molar-refractivity contribution < 1.29 is 37.3 Å². The molecule has 0 fully saturated rings. The minimum atomic E-state index is -5.08. The topological polar surface area (TPSA) is 133 Å². The van der Waals surface area contributed by atoms with Gasteiger partial charge in [0.05, 0.1) is 5.02 Å². The molecule has 9 nitrogen and oxygen atoms in total. The van der Waals surface area contributed by atoms with Gasteiger partial charge in [0.25, 0.3) is 0 Å². The Morgan fingerprint density at radius 3 is 2.42 bits per heavy atom. The number of aliphatic carboxylic acids is 1. The fourth-order valence-electron chi connectivity index (χ4n) is 2.78. The van der Waals surface area contributed by atoms with E-state index in [1.807, 2.05) is 18.2 Å². The number of rotatable bonds is 9. The fourth-order valence-corrected chi connectivity index (χ4v) is 2.96. The third-order valence-electron chi connectivity index (χ3n) is 4.51. The monoisotopic (exact) mass is 531 g/mol. The first kappa shape index (κ1) is 28.5. The summed E-state index contributed by atoms with van der Waals surface area (Å²) in [6, 6.07) is 14.4. The summed E-state index contributed by atoms with van der Waals surface area (Å²) in [4.78, 5) is 8.90. The van der Waals surface area contributed by atoms with Crippen LogP contribution in [-0.4, -0.2) is 45.2 Å². The van der Waals surface area contributed by atoms with Gasteiger partial charge in [-0.3, -0.25) is 0 Å². The van der Waals surface area contributed by atoms with Gasteiger partial charge in [-0.25, -0.2) is 13.8 Å². The summed E-state index contributed by atoms with van der Waals surface area (Å²) in [6.07, 6.45) is -1.98. The summed E-state index contributed by atoms with van der Waals surface area (Å²) in [5.41, 5.74) is 2.50. The number of oxime groups is 1. The molecule has 0 aliphatic rings. The Balaban J connectivity index is 0.000000572. The van der Waals surface area contributed by atoms with E-state index in [4.69, 9.17) is 26.1 Å². The second-order valence-electron chi connectivity index (χ2n) is 7.18. The molecule has 0 saturated heterocycles. The minimum absolute atomic E-state index is 0.0230. The first-order valence-electron chi connectivity index (χ1n) is 10.4. The van der Waals surface area contributed by atoms with Crippen LogP contribution in [0.1, 0.15) is 29.8 Å². The molecule has 1 aromatic heterocycles. The molecule has 0 aliphatic carbocycles. The quantitative estimate of drug-likeness (QED) is 0.0768. The summed E-state index contributed by atoms with van der Waals surface area (Å²) >= 11 is 5.77. The smallest absolute Gasteiger partial charge is 0.475 e. The van der Waals surface area contributed by atoms with E-state index in [0.717, 1.165) is 25.8 Å². The van der Waals surface area contributed by atoms with Crippen molar-refractivity contribution in [1.82, 2.24) is 15.6 Å². The van der Waals surface area contributed by atoms with Crippen LogP contribution in [0, 0.1) is 5.82 Å². The molecule has 3 aromatic rings. The molecule has 0 saturated carbocycles. The Morgan fingerprint density at radius 1 is 1.11 bits per heavy atom. The van der Waals surface area contributed by atoms with Gasteiger partial charge >= 0.3 is 12.1 Å². The summed E-state index contributed by atoms with van der Waals surface area (Å²) in [6.45, 7) is 1.20. The van der Waals surface area contributed by atoms with Gasteiger partial charge in [0, 0.05) is 12.2 Å². The predicted molar refractivity (Wildman–Crippen MR) is 122 cm³/mol. The number of nitrogens with one attached hydrogen (secondary N) is 2. The normalized spacial score (nSPS) is 11.5. The highest BCUT2D eigenvalue weighted by atomic mass is 35.5. The number of aryl methyl sites for hydroxylation is 1. The molecule has 3 rings (SSSR count). The van der Waals surface area contributed by atoms with Gasteiger partial charge in [0.15, 0.2) is 5.69 Å². The Hall–Kier alpha value is -3.71. The van der Waals surface area contributed by atoms with Crippen LogP contribution in [0.3, 0.4) is 0 Å². The van der Waals surface area contributed by atoms with Crippen molar-refractivity contribution in [2.75, 3.05) is 11.9 Å². The third-order valence-corrected chi connectivity index (χ3v) is 4.80. The SMILES string of the molecule is O/N=C(/Nc1ccc(F)c(Cl)c1)c1nonc1CNCCCCc1ccccc1.O=C(O)C(F)(F)F. The molecule has 0 aliphatic heterocycles. The number of nitrogens with zero attached hydrogens (tertiary/aromatic N) is 3. The summed E-state index contributed by atoms with van der Waals surface area (Å²) in [5, 5.41) is 33.4. The zero-order valence-corrected chi connectivity index (χ0v) is 19.4. The zero-order valence-electron chi connectivity index (χ0n) is 18.6. The molecule has 0 atom stereocenters. The molecule has 0 amide bonds. The Labute approximate surface area is 207 Å². The third kappa shape index (κ3) is 9.50. The Kier molecular flexibility index (Phi) is 11.1. The van der Waals surface area contributed by atoms with Gasteiger partial charge in [0.2, 0.25) is 5.84 Å². The molecule has 0 radical (unpaired) electrons. The number of amidine groups is 1. The lowest BCUT2D eigenvalue weighted by atomic mass is 10.1. The molecule has 194 valence electrons. The number of hydrogen-bond acceptors (Lipinski definition) is 7. The molecule has 2 aromatic carbocycles. The van der Waals surface area contributed by atoms with Crippen LogP contribution in [0.4, 0.5) is 23.2 Å². The molecule has 36 heavy (non-hydrogen) atoms. The number of aromatic nitrogens is 2. The predicted octanol–water partition coefficient (Wildman–Crippen LogP) is 4.86. The summed E-state index contributed by atoms with van der Waals surface area (Å²) < 4.78 is 49.8. The lowest BCUT2D eigenvalue weighted by molar-refractivity contribution is -0.192. The zero-order chi connectivity index (χ0) is 26.6. The second kappa shape index (κ2) is 14.0. The maximum Gasteiger partial charge on any atom is 0.490 e. The number of carbonyl (C=O) groups is 1. The van der Waals surface area contributed by atoms with Crippen LogP contribution in [0.15, 0.2) is 58.3 Å². The number of benzene rings is 2. The number of alkyl halides is 3. The number of anilines is 1. The lowest BCUT2D eigenvalue weighted by Gasteiger charge is -2.08. The number of halogens is 5. The molecule has 1 heterocycles. The van der Waals surface area contributed by atoms with Crippen LogP contribution >= 0.6 is 11.6 Å². The van der Waals surface area contributed by atoms with E-state index in [0.29, 0.717) is 17.9 Å². The van der Waals surface area contributed by atoms with Crippen molar-refractivity contribution >= 4 is 29.1 Å². The number of carboxylic acid groups (broad SMARTS) is 1. The van der Waals surface area contributed by atoms with Crippen molar-refractivity contribution in [1.29, 1.82) is 0 Å². The van der Waals surface area contributed by atoms with Crippen LogP contribution < -0.4 is 10.6 Å². The van der Waals surface area contributed by atoms with Gasteiger partial charge in [-0.1, -0.05) is 52.2 Å². The highest BCUT2D eigenvalue weighted by Crippen LogP contribution is 2.20. The molecule has 0 bridgehead atoms. The molecular weight excluding hydrogens is 510 g/mol. The largest absolute Gasteiger partial charge is 0.490 e. The number of unbranched alkanes of at least 4 members (excludes halogenated alkanes) is 1. The van der Waals surface area contributed by atoms with Crippen molar-refractivity contribution in [2.45, 2.75) is 32.0 Å². The first-order chi connectivity index (χ1) is 17.1. The molecule has 4 N–H and O–H groups in total. The second-order valence-corrected chi connectivity index (χ2v) is 7.59. The minimum Gasteiger partial charge on any atom is -0.475 e. The number of carboxylic acids is 1. The van der Waals surface area contributed by atoms with Crippen LogP contribution in [0.5, 0.6) is 0 Å². The van der Waals surface area contributed by atoms with Crippen LogP contribution in [0.2, 0.25) is 5.02 Å². The molecule has 0 unspecified atom stereocenters. The van der Waals surface area contributed by atoms with Gasteiger partial charge in [-0.15, -0.1) is 0 Å². The highest BCUT2D eigenvalue weighted by molar-refractivity contribution is 6.31. The average molecular weight is 532 g/mol.